The Kier molecular flexibility index (Phi) is 4.39. The fourth-order valence-electron chi connectivity index (χ4n) is 1.54. The maximum Gasteiger partial charge on any atom is 0.338 e. The van der Waals surface area contributed by atoms with Gasteiger partial charge in [-0.15, -0.1) is 0 Å². The monoisotopic (exact) mass is 281 g/mol. The molecule has 1 atom stereocenters. The van der Waals surface area contributed by atoms with Crippen molar-refractivity contribution in [3.05, 3.63) is 29.8 Å². The van der Waals surface area contributed by atoms with Gasteiger partial charge < -0.3 is 20.7 Å². The number of benzene rings is 1. The van der Waals surface area contributed by atoms with Crippen molar-refractivity contribution < 1.29 is 24.5 Å². The Morgan fingerprint density at radius 2 is 1.70 bits per heavy atom. The summed E-state index contributed by atoms with van der Waals surface area (Å²) in [4.78, 5) is 23.4. The normalized spacial score (nSPS) is 14.4. The Bertz CT molecular complexity index is 503. The average Bonchev–Trinajstić information content (AvgIpc) is 2.29. The molecule has 0 bridgehead atoms. The van der Waals surface area contributed by atoms with Crippen molar-refractivity contribution in [2.75, 3.05) is 0 Å². The van der Waals surface area contributed by atoms with Crippen molar-refractivity contribution >= 4 is 11.9 Å². The predicted octanol–water partition coefficient (Wildman–Crippen LogP) is 1.06. The maximum absolute atomic E-state index is 12.0. The van der Waals surface area contributed by atoms with E-state index in [9.17, 15) is 19.8 Å². The molecule has 0 aliphatic carbocycles. The van der Waals surface area contributed by atoms with Crippen LogP contribution in [0.1, 0.15) is 26.3 Å². The van der Waals surface area contributed by atoms with Crippen LogP contribution in [-0.2, 0) is 20.7 Å². The van der Waals surface area contributed by atoms with E-state index in [-0.39, 0.29) is 12.2 Å². The second kappa shape index (κ2) is 5.50. The van der Waals surface area contributed by atoms with Gasteiger partial charge in [-0.2, -0.15) is 0 Å². The van der Waals surface area contributed by atoms with E-state index < -0.39 is 23.1 Å². The summed E-state index contributed by atoms with van der Waals surface area (Å²) in [6.45, 7) is 4.90. The molecule has 1 unspecified atom stereocenters. The minimum atomic E-state index is -2.16. The molecule has 1 rings (SSSR count). The number of aromatic hydroxyl groups is 1. The van der Waals surface area contributed by atoms with Crippen LogP contribution in [-0.4, -0.2) is 33.3 Å². The largest absolute Gasteiger partial charge is 0.508 e. The van der Waals surface area contributed by atoms with E-state index in [1.165, 1.54) is 24.3 Å². The van der Waals surface area contributed by atoms with Crippen LogP contribution in [0, 0.1) is 0 Å². The molecular formula is C14H19NO5. The van der Waals surface area contributed by atoms with Crippen molar-refractivity contribution in [3.8, 4) is 5.75 Å². The number of carbonyl (C=O) groups excluding carboxylic acids is 1. The lowest BCUT2D eigenvalue weighted by atomic mass is 9.91. The zero-order valence-electron chi connectivity index (χ0n) is 11.7. The lowest BCUT2D eigenvalue weighted by Gasteiger charge is -2.28. The van der Waals surface area contributed by atoms with Crippen molar-refractivity contribution in [2.24, 2.45) is 5.73 Å². The fourth-order valence-corrected chi connectivity index (χ4v) is 1.54. The molecule has 0 saturated carbocycles. The maximum atomic E-state index is 12.0. The zero-order chi connectivity index (χ0) is 15.6. The molecule has 20 heavy (non-hydrogen) atoms. The van der Waals surface area contributed by atoms with Gasteiger partial charge in [0.1, 0.15) is 11.4 Å². The molecule has 0 saturated heterocycles. The number of rotatable bonds is 4. The number of ether oxygens (including phenoxy) is 1. The first-order valence-corrected chi connectivity index (χ1v) is 6.08. The highest BCUT2D eigenvalue weighted by atomic mass is 16.6. The summed E-state index contributed by atoms with van der Waals surface area (Å²) in [6.07, 6.45) is -0.225. The van der Waals surface area contributed by atoms with E-state index in [0.717, 1.165) is 0 Å². The number of carboxylic acid groups (broad SMARTS) is 1. The molecule has 6 nitrogen and oxygen atoms in total. The van der Waals surface area contributed by atoms with Gasteiger partial charge in [-0.05, 0) is 38.5 Å². The van der Waals surface area contributed by atoms with E-state index in [0.29, 0.717) is 5.56 Å². The van der Waals surface area contributed by atoms with Crippen molar-refractivity contribution in [1.29, 1.82) is 0 Å². The molecule has 0 heterocycles. The number of carboxylic acids is 1. The molecule has 6 heteroatoms. The third-order valence-corrected chi connectivity index (χ3v) is 2.56. The summed E-state index contributed by atoms with van der Waals surface area (Å²) in [5.74, 6) is -2.41. The summed E-state index contributed by atoms with van der Waals surface area (Å²) >= 11 is 0. The molecule has 110 valence electrons. The Morgan fingerprint density at radius 1 is 1.20 bits per heavy atom. The Morgan fingerprint density at radius 3 is 2.10 bits per heavy atom. The standard InChI is InChI=1S/C14H19NO5/c1-13(2,3)20-12(19)14(15,11(17)18)8-9-4-6-10(16)7-5-9/h4-7,16H,8,15H2,1-3H3,(H,17,18). The minimum Gasteiger partial charge on any atom is -0.508 e. The summed E-state index contributed by atoms with van der Waals surface area (Å²) in [5, 5.41) is 18.4. The van der Waals surface area contributed by atoms with Crippen molar-refractivity contribution in [3.63, 3.8) is 0 Å². The first-order chi connectivity index (χ1) is 9.04. The number of aliphatic carboxylic acids is 1. The molecule has 0 fully saturated rings. The molecule has 4 N–H and O–H groups in total. The first-order valence-electron chi connectivity index (χ1n) is 6.08. The van der Waals surface area contributed by atoms with Gasteiger partial charge in [-0.1, -0.05) is 12.1 Å². The number of phenolic OH excluding ortho intramolecular Hbond substituents is 1. The first kappa shape index (κ1) is 16.0. The topological polar surface area (TPSA) is 110 Å². The minimum absolute atomic E-state index is 0.0453. The van der Waals surface area contributed by atoms with Crippen LogP contribution in [0.25, 0.3) is 0 Å². The number of esters is 1. The Balaban J connectivity index is 3.00. The van der Waals surface area contributed by atoms with E-state index >= 15 is 0 Å². The molecule has 1 aromatic carbocycles. The Hall–Kier alpha value is -2.08. The van der Waals surface area contributed by atoms with Gasteiger partial charge in [0.25, 0.3) is 0 Å². The molecule has 0 aromatic heterocycles. The Labute approximate surface area is 117 Å². The third kappa shape index (κ3) is 3.96. The lowest BCUT2D eigenvalue weighted by molar-refractivity contribution is -0.169. The van der Waals surface area contributed by atoms with Gasteiger partial charge in [0, 0.05) is 6.42 Å². The highest BCUT2D eigenvalue weighted by molar-refractivity contribution is 6.04. The summed E-state index contributed by atoms with van der Waals surface area (Å²) in [6, 6.07) is 5.80. The number of nitrogens with two attached hydrogens (primary N) is 1. The molecule has 0 spiro atoms. The van der Waals surface area contributed by atoms with Gasteiger partial charge in [0.2, 0.25) is 5.54 Å². The summed E-state index contributed by atoms with van der Waals surface area (Å²) in [7, 11) is 0. The molecule has 0 aliphatic rings. The van der Waals surface area contributed by atoms with Gasteiger partial charge in [-0.25, -0.2) is 9.59 Å². The van der Waals surface area contributed by atoms with Crippen LogP contribution in [0.3, 0.4) is 0 Å². The molecule has 1 aromatic rings. The second-order valence-corrected chi connectivity index (χ2v) is 5.62. The van der Waals surface area contributed by atoms with Crippen molar-refractivity contribution in [1.82, 2.24) is 0 Å². The zero-order valence-corrected chi connectivity index (χ0v) is 11.7. The highest BCUT2D eigenvalue weighted by Crippen LogP contribution is 2.19. The van der Waals surface area contributed by atoms with Crippen molar-refractivity contribution in [2.45, 2.75) is 38.3 Å². The third-order valence-electron chi connectivity index (χ3n) is 2.56. The van der Waals surface area contributed by atoms with E-state index in [1.807, 2.05) is 0 Å². The van der Waals surface area contributed by atoms with Gasteiger partial charge in [0.05, 0.1) is 0 Å². The molecule has 0 amide bonds. The van der Waals surface area contributed by atoms with Crippen LogP contribution < -0.4 is 5.73 Å². The lowest BCUT2D eigenvalue weighted by Crippen LogP contribution is -2.58. The van der Waals surface area contributed by atoms with E-state index in [2.05, 4.69) is 0 Å². The van der Waals surface area contributed by atoms with Crippen LogP contribution in [0.15, 0.2) is 24.3 Å². The number of carbonyl (C=O) groups is 2. The SMILES string of the molecule is CC(C)(C)OC(=O)C(N)(Cc1ccc(O)cc1)C(=O)O. The number of hydrogen-bond acceptors (Lipinski definition) is 5. The molecule has 0 aliphatic heterocycles. The van der Waals surface area contributed by atoms with Gasteiger partial charge in [0.15, 0.2) is 0 Å². The smallest absolute Gasteiger partial charge is 0.338 e. The van der Waals surface area contributed by atoms with Crippen LogP contribution >= 0.6 is 0 Å². The van der Waals surface area contributed by atoms with Crippen LogP contribution in [0.5, 0.6) is 5.75 Å². The molecule has 0 radical (unpaired) electrons. The molecular weight excluding hydrogens is 262 g/mol. The average molecular weight is 281 g/mol. The summed E-state index contributed by atoms with van der Waals surface area (Å²) < 4.78 is 5.07. The number of hydrogen-bond donors (Lipinski definition) is 3. The van der Waals surface area contributed by atoms with Crippen LogP contribution in [0.2, 0.25) is 0 Å². The van der Waals surface area contributed by atoms with E-state index in [1.54, 1.807) is 20.8 Å². The fraction of sp³-hybridized carbons (Fsp3) is 0.429. The van der Waals surface area contributed by atoms with Crippen LogP contribution in [0.4, 0.5) is 0 Å². The summed E-state index contributed by atoms with van der Waals surface area (Å²) in [5.41, 5.74) is 3.25. The highest BCUT2D eigenvalue weighted by Gasteiger charge is 2.45. The quantitative estimate of drug-likeness (QED) is 0.562. The van der Waals surface area contributed by atoms with Gasteiger partial charge in [-0.3, -0.25) is 0 Å². The second-order valence-electron chi connectivity index (χ2n) is 5.62. The van der Waals surface area contributed by atoms with Gasteiger partial charge >= 0.3 is 11.9 Å². The number of phenols is 1. The predicted molar refractivity (Wildman–Crippen MR) is 72.2 cm³/mol. The van der Waals surface area contributed by atoms with E-state index in [4.69, 9.17) is 10.5 Å².